The Morgan fingerprint density at radius 1 is 0.830 bits per heavy atom. The van der Waals surface area contributed by atoms with Gasteiger partial charge in [-0.2, -0.15) is 0 Å². The van der Waals surface area contributed by atoms with Gasteiger partial charge >= 0.3 is 29.8 Å². The molecule has 0 radical (unpaired) electrons. The normalized spacial score (nSPS) is 51.7. The predicted octanol–water partition coefficient (Wildman–Crippen LogP) is 1.84. The molecule has 16 heteroatoms. The molecule has 7 rings (SSSR count). The van der Waals surface area contributed by atoms with E-state index < -0.39 is 141 Å². The van der Waals surface area contributed by atoms with E-state index in [1.165, 1.54) is 34.6 Å². The predicted molar refractivity (Wildman–Crippen MR) is 174 cm³/mol. The maximum atomic E-state index is 13.8. The molecule has 7 fully saturated rings. The van der Waals surface area contributed by atoms with Crippen LogP contribution < -0.4 is 0 Å². The van der Waals surface area contributed by atoms with Crippen molar-refractivity contribution in [3.05, 3.63) is 0 Å². The average molecular weight is 751 g/mol. The van der Waals surface area contributed by atoms with Crippen molar-refractivity contribution in [2.45, 2.75) is 148 Å². The Hall–Kier alpha value is -3.18. The van der Waals surface area contributed by atoms with Gasteiger partial charge in [0.05, 0.1) is 23.7 Å². The van der Waals surface area contributed by atoms with Gasteiger partial charge in [-0.3, -0.25) is 34.0 Å². The highest BCUT2D eigenvalue weighted by Crippen LogP contribution is 2.91. The molecule has 17 atom stereocenters. The van der Waals surface area contributed by atoms with Crippen LogP contribution in [0.1, 0.15) is 88.5 Å². The first-order valence-electron chi connectivity index (χ1n) is 18.3. The van der Waals surface area contributed by atoms with E-state index in [4.69, 9.17) is 38.0 Å². The van der Waals surface area contributed by atoms with Crippen molar-refractivity contribution < 1.29 is 77.2 Å². The first-order valence-corrected chi connectivity index (χ1v) is 18.3. The van der Waals surface area contributed by atoms with Crippen LogP contribution in [0.15, 0.2) is 0 Å². The van der Waals surface area contributed by atoms with Gasteiger partial charge in [0.25, 0.3) is 0 Å². The van der Waals surface area contributed by atoms with Gasteiger partial charge in [-0.25, -0.2) is 4.89 Å². The van der Waals surface area contributed by atoms with Crippen LogP contribution in [0.5, 0.6) is 0 Å². The van der Waals surface area contributed by atoms with E-state index in [1.807, 2.05) is 13.8 Å². The molecule has 5 saturated carbocycles. The second-order valence-electron chi connectivity index (χ2n) is 17.2. The summed E-state index contributed by atoms with van der Waals surface area (Å²) in [4.78, 5) is 84.2. The zero-order chi connectivity index (χ0) is 39.2. The Morgan fingerprint density at radius 3 is 1.94 bits per heavy atom. The van der Waals surface area contributed by atoms with E-state index >= 15 is 0 Å². The van der Waals surface area contributed by atoms with Gasteiger partial charge in [0, 0.05) is 58.3 Å². The number of esters is 5. The third-order valence-electron chi connectivity index (χ3n) is 15.0. The molecule has 7 aliphatic rings. The van der Waals surface area contributed by atoms with Gasteiger partial charge in [-0.1, -0.05) is 13.8 Å². The molecule has 2 heterocycles. The molecule has 15 unspecified atom stereocenters. The summed E-state index contributed by atoms with van der Waals surface area (Å²) in [6, 6.07) is 0. The lowest BCUT2D eigenvalue weighted by atomic mass is 9.33. The third-order valence-corrected chi connectivity index (χ3v) is 15.0. The minimum Gasteiger partial charge on any atom is -0.462 e. The minimum absolute atomic E-state index is 0.0378. The van der Waals surface area contributed by atoms with Crippen LogP contribution in [0.4, 0.5) is 0 Å². The van der Waals surface area contributed by atoms with Gasteiger partial charge in [-0.15, -0.1) is 0 Å². The topological polar surface area (TPSA) is 220 Å². The minimum atomic E-state index is -2.11. The number of carbonyl (C=O) groups excluding carboxylic acids is 6. The lowest BCUT2D eigenvalue weighted by Gasteiger charge is -2.72. The van der Waals surface area contributed by atoms with E-state index in [1.54, 1.807) is 13.8 Å². The third kappa shape index (κ3) is 4.19. The smallest absolute Gasteiger partial charge is 0.303 e. The second-order valence-corrected chi connectivity index (χ2v) is 17.2. The quantitative estimate of drug-likeness (QED) is 0.125. The summed E-state index contributed by atoms with van der Waals surface area (Å²) in [5.74, 6) is -6.61. The van der Waals surface area contributed by atoms with Crippen molar-refractivity contribution in [3.63, 3.8) is 0 Å². The average Bonchev–Trinajstić information content (AvgIpc) is 3.84. The summed E-state index contributed by atoms with van der Waals surface area (Å²) in [6.07, 6.45) is -8.19. The van der Waals surface area contributed by atoms with Crippen LogP contribution >= 0.6 is 0 Å². The second kappa shape index (κ2) is 11.4. The van der Waals surface area contributed by atoms with E-state index in [-0.39, 0.29) is 13.0 Å². The maximum Gasteiger partial charge on any atom is 0.303 e. The Kier molecular flexibility index (Phi) is 8.22. The van der Waals surface area contributed by atoms with Gasteiger partial charge in [0.2, 0.25) is 0 Å². The Labute approximate surface area is 306 Å². The molecule has 0 bridgehead atoms. The van der Waals surface area contributed by atoms with Gasteiger partial charge < -0.3 is 38.3 Å². The molecule has 2 N–H and O–H groups in total. The molecule has 53 heavy (non-hydrogen) atoms. The molecular formula is C37H50O16. The van der Waals surface area contributed by atoms with E-state index in [9.17, 15) is 39.1 Å². The van der Waals surface area contributed by atoms with Crippen LogP contribution in [0, 0.1) is 39.4 Å². The molecule has 2 spiro atoms. The summed E-state index contributed by atoms with van der Waals surface area (Å²) in [5, 5.41) is 24.0. The monoisotopic (exact) mass is 750 g/mol. The molecule has 0 amide bonds. The number of epoxide rings is 1. The Bertz CT molecular complexity index is 1680. The summed E-state index contributed by atoms with van der Waals surface area (Å²) < 4.78 is 43.1. The van der Waals surface area contributed by atoms with Gasteiger partial charge in [0.1, 0.15) is 35.4 Å². The van der Waals surface area contributed by atoms with E-state index in [0.29, 0.717) is 6.42 Å². The van der Waals surface area contributed by atoms with Crippen molar-refractivity contribution in [1.29, 1.82) is 0 Å². The lowest BCUT2D eigenvalue weighted by molar-refractivity contribution is -0.361. The largest absolute Gasteiger partial charge is 0.462 e. The molecule has 2 saturated heterocycles. The van der Waals surface area contributed by atoms with Crippen molar-refractivity contribution in [2.75, 3.05) is 6.61 Å². The number of ether oxygens (including phenoxy) is 7. The summed E-state index contributed by atoms with van der Waals surface area (Å²) in [5.41, 5.74) is -11.1. The zero-order valence-corrected chi connectivity index (χ0v) is 31.7. The van der Waals surface area contributed by atoms with Crippen LogP contribution in [0.2, 0.25) is 0 Å². The van der Waals surface area contributed by atoms with Crippen molar-refractivity contribution >= 4 is 35.6 Å². The van der Waals surface area contributed by atoms with Gasteiger partial charge in [-0.05, 0) is 44.9 Å². The van der Waals surface area contributed by atoms with Crippen LogP contribution in [0.25, 0.3) is 0 Å². The number of ketones is 1. The summed E-state index contributed by atoms with van der Waals surface area (Å²) in [6.45, 7) is 14.7. The molecule has 5 aliphatic carbocycles. The first kappa shape index (κ1) is 38.1. The lowest BCUT2D eigenvalue weighted by Crippen LogP contribution is -2.81. The fourth-order valence-electron chi connectivity index (χ4n) is 14.1. The number of fused-ring (bicyclic) bond motifs is 6. The van der Waals surface area contributed by atoms with E-state index in [0.717, 1.165) is 6.92 Å². The highest BCUT2D eigenvalue weighted by Gasteiger charge is 3.10. The molecule has 0 aromatic rings. The standard InChI is InChI=1S/C37H50O16/c1-15-25-31(8)12-11-23-32(9,26(31)24(48-18(4)39)28(49-19(5)40)34(25,14-46-15)16(2)47-17(3)38)29(50-20(6)41)30(51-21(7)42)36-33(10,53-45)37(36)27(52-37)22(43)13-35(23,36)44/h15-16,23-30,44-45H,11-14H2,1-10H3/t15?,16-,23?,24?,25?,26?,27?,28?,29?,30?,31?,32?,33+,34?,35?,36?,37?/m1/s1. The van der Waals surface area contributed by atoms with Crippen molar-refractivity contribution in [3.8, 4) is 0 Å². The summed E-state index contributed by atoms with van der Waals surface area (Å²) >= 11 is 0. The van der Waals surface area contributed by atoms with Crippen LogP contribution in [0.3, 0.4) is 0 Å². The van der Waals surface area contributed by atoms with Crippen LogP contribution in [-0.2, 0) is 66.8 Å². The highest BCUT2D eigenvalue weighted by atomic mass is 17.1. The SMILES string of the molecule is CC(=O)OC1C2C(C)(CCC3C2(C)C(OC(C)=O)C(OC(C)=O)C24C3(O)CC(=O)C3OC32[C@@]4(C)OO)C2C(C)OCC2([C@@H](C)OC(C)=O)C1OC(C)=O. The number of carbonyl (C=O) groups is 6. The fourth-order valence-corrected chi connectivity index (χ4v) is 14.1. The summed E-state index contributed by atoms with van der Waals surface area (Å²) in [7, 11) is 0. The highest BCUT2D eigenvalue weighted by molar-refractivity contribution is 5.94. The molecule has 2 aliphatic heterocycles. The number of rotatable bonds is 7. The van der Waals surface area contributed by atoms with Crippen LogP contribution in [-0.4, -0.2) is 112 Å². The molecule has 0 aromatic heterocycles. The van der Waals surface area contributed by atoms with Crippen molar-refractivity contribution in [1.82, 2.24) is 0 Å². The molecule has 294 valence electrons. The number of hydrogen-bond donors (Lipinski definition) is 2. The Balaban J connectivity index is 1.54. The van der Waals surface area contributed by atoms with E-state index in [2.05, 4.69) is 0 Å². The fraction of sp³-hybridized carbons (Fsp3) is 0.838. The van der Waals surface area contributed by atoms with Gasteiger partial charge in [0.15, 0.2) is 23.6 Å². The molecular weight excluding hydrogens is 700 g/mol. The zero-order valence-electron chi connectivity index (χ0n) is 31.7. The number of aliphatic hydroxyl groups is 1. The molecule has 0 aromatic carbocycles. The first-order chi connectivity index (χ1) is 24.5. The molecule has 16 nitrogen and oxygen atoms in total. The maximum absolute atomic E-state index is 13.8. The van der Waals surface area contributed by atoms with Crippen molar-refractivity contribution in [2.24, 2.45) is 39.4 Å². The Morgan fingerprint density at radius 2 is 1.40 bits per heavy atom. The number of Topliss-reactive ketones (excluding diaryl/α,β-unsaturated/α-hetero) is 1. The number of hydrogen-bond acceptors (Lipinski definition) is 16.